The highest BCUT2D eigenvalue weighted by molar-refractivity contribution is 5.54. The molecular formula is C16H22N2O3. The maximum atomic E-state index is 10.9. The molecule has 0 spiro atoms. The highest BCUT2D eigenvalue weighted by Crippen LogP contribution is 2.52. The molecule has 1 aromatic rings. The Kier molecular flexibility index (Phi) is 3.40. The van der Waals surface area contributed by atoms with Crippen molar-refractivity contribution in [2.45, 2.75) is 45.8 Å². The summed E-state index contributed by atoms with van der Waals surface area (Å²) in [6.45, 7) is 7.11. The fourth-order valence-electron chi connectivity index (χ4n) is 3.95. The number of fused-ring (bicyclic) bond motifs is 1. The van der Waals surface area contributed by atoms with Crippen LogP contribution < -0.4 is 5.32 Å². The van der Waals surface area contributed by atoms with E-state index in [-0.39, 0.29) is 16.0 Å². The molecule has 21 heavy (non-hydrogen) atoms. The molecule has 0 amide bonds. The Balaban J connectivity index is 1.77. The van der Waals surface area contributed by atoms with Crippen molar-refractivity contribution in [1.82, 2.24) is 0 Å². The summed E-state index contributed by atoms with van der Waals surface area (Å²) in [5, 5.41) is 14.5. The van der Waals surface area contributed by atoms with Gasteiger partial charge in [-0.25, -0.2) is 0 Å². The molecule has 1 saturated heterocycles. The zero-order chi connectivity index (χ0) is 15.2. The van der Waals surface area contributed by atoms with Crippen molar-refractivity contribution in [2.75, 3.05) is 11.9 Å². The molecule has 1 aromatic carbocycles. The first kappa shape index (κ1) is 14.3. The Morgan fingerprint density at radius 2 is 2.19 bits per heavy atom. The third-order valence-corrected chi connectivity index (χ3v) is 5.05. The molecule has 3 rings (SSSR count). The summed E-state index contributed by atoms with van der Waals surface area (Å²) in [5.74, 6) is 0.546. The van der Waals surface area contributed by atoms with Gasteiger partial charge in [-0.05, 0) is 31.9 Å². The normalized spacial score (nSPS) is 30.1. The van der Waals surface area contributed by atoms with Crippen LogP contribution in [0.25, 0.3) is 0 Å². The summed E-state index contributed by atoms with van der Waals surface area (Å²) >= 11 is 0. The second-order valence-corrected chi connectivity index (χ2v) is 6.80. The van der Waals surface area contributed by atoms with Crippen LogP contribution in [0.1, 0.15) is 32.3 Å². The predicted molar refractivity (Wildman–Crippen MR) is 81.5 cm³/mol. The highest BCUT2D eigenvalue weighted by atomic mass is 16.6. The second kappa shape index (κ2) is 4.98. The van der Waals surface area contributed by atoms with Crippen LogP contribution in [-0.4, -0.2) is 23.7 Å². The molecule has 0 aromatic heterocycles. The summed E-state index contributed by atoms with van der Waals surface area (Å²) in [4.78, 5) is 10.5. The number of hydrogen-bond acceptors (Lipinski definition) is 4. The number of hydrogen-bond donors (Lipinski definition) is 1. The largest absolute Gasteiger partial charge is 0.381 e. The van der Waals surface area contributed by atoms with E-state index in [4.69, 9.17) is 4.74 Å². The lowest BCUT2D eigenvalue weighted by Gasteiger charge is -2.60. The fourth-order valence-corrected chi connectivity index (χ4v) is 3.95. The van der Waals surface area contributed by atoms with Gasteiger partial charge in [0.2, 0.25) is 0 Å². The van der Waals surface area contributed by atoms with Crippen molar-refractivity contribution < 1.29 is 9.66 Å². The summed E-state index contributed by atoms with van der Waals surface area (Å²) in [6, 6.07) is 5.62. The molecule has 114 valence electrons. The standard InChI is InChI=1S/C16H22N2O3/c1-10-9-11(6-7-13(10)18(19)20)17-14-12-5-4-8-21-15(12)16(14,2)3/h6-7,9,12,14-15,17H,4-5,8H2,1-3H3. The average molecular weight is 290 g/mol. The Morgan fingerprint density at radius 3 is 2.86 bits per heavy atom. The van der Waals surface area contributed by atoms with Gasteiger partial charge in [-0.2, -0.15) is 0 Å². The zero-order valence-electron chi connectivity index (χ0n) is 12.8. The van der Waals surface area contributed by atoms with Gasteiger partial charge in [0.1, 0.15) is 0 Å². The lowest BCUT2D eigenvalue weighted by atomic mass is 9.55. The van der Waals surface area contributed by atoms with Gasteiger partial charge in [0, 0.05) is 41.3 Å². The second-order valence-electron chi connectivity index (χ2n) is 6.80. The molecule has 3 unspecified atom stereocenters. The van der Waals surface area contributed by atoms with Gasteiger partial charge in [0.15, 0.2) is 0 Å². The van der Waals surface area contributed by atoms with Crippen LogP contribution in [-0.2, 0) is 4.74 Å². The maximum Gasteiger partial charge on any atom is 0.272 e. The van der Waals surface area contributed by atoms with E-state index < -0.39 is 0 Å². The van der Waals surface area contributed by atoms with Crippen molar-refractivity contribution in [1.29, 1.82) is 0 Å². The van der Waals surface area contributed by atoms with E-state index in [0.717, 1.165) is 18.7 Å². The Labute approximate surface area is 124 Å². The molecule has 1 aliphatic carbocycles. The molecule has 0 bridgehead atoms. The fraction of sp³-hybridized carbons (Fsp3) is 0.625. The van der Waals surface area contributed by atoms with Gasteiger partial charge >= 0.3 is 0 Å². The van der Waals surface area contributed by atoms with Crippen LogP contribution in [0.4, 0.5) is 11.4 Å². The molecule has 0 radical (unpaired) electrons. The monoisotopic (exact) mass is 290 g/mol. The van der Waals surface area contributed by atoms with Crippen LogP contribution in [0, 0.1) is 28.4 Å². The van der Waals surface area contributed by atoms with Crippen LogP contribution in [0.3, 0.4) is 0 Å². The van der Waals surface area contributed by atoms with Gasteiger partial charge in [0.05, 0.1) is 11.0 Å². The molecule has 1 heterocycles. The molecule has 1 saturated carbocycles. The van der Waals surface area contributed by atoms with Gasteiger partial charge in [0.25, 0.3) is 5.69 Å². The predicted octanol–water partition coefficient (Wildman–Crippen LogP) is 3.52. The minimum Gasteiger partial charge on any atom is -0.381 e. The number of ether oxygens (including phenoxy) is 1. The number of anilines is 1. The summed E-state index contributed by atoms with van der Waals surface area (Å²) in [6.07, 6.45) is 2.65. The summed E-state index contributed by atoms with van der Waals surface area (Å²) in [7, 11) is 0. The smallest absolute Gasteiger partial charge is 0.272 e. The first-order valence-electron chi connectivity index (χ1n) is 7.54. The number of aryl methyl sites for hydroxylation is 1. The van der Waals surface area contributed by atoms with Crippen molar-refractivity contribution in [3.63, 3.8) is 0 Å². The molecule has 5 nitrogen and oxygen atoms in total. The van der Waals surface area contributed by atoms with Crippen LogP contribution in [0.15, 0.2) is 18.2 Å². The molecule has 3 atom stereocenters. The van der Waals surface area contributed by atoms with Gasteiger partial charge in [-0.15, -0.1) is 0 Å². The average Bonchev–Trinajstić information content (AvgIpc) is 2.44. The number of nitro benzene ring substituents is 1. The quantitative estimate of drug-likeness (QED) is 0.683. The van der Waals surface area contributed by atoms with Gasteiger partial charge in [-0.3, -0.25) is 10.1 Å². The summed E-state index contributed by atoms with van der Waals surface area (Å²) < 4.78 is 5.91. The zero-order valence-corrected chi connectivity index (χ0v) is 12.8. The molecule has 1 N–H and O–H groups in total. The summed E-state index contributed by atoms with van der Waals surface area (Å²) in [5.41, 5.74) is 1.92. The van der Waals surface area contributed by atoms with E-state index in [1.54, 1.807) is 19.1 Å². The van der Waals surface area contributed by atoms with E-state index in [1.807, 2.05) is 6.07 Å². The third kappa shape index (κ3) is 2.29. The first-order chi connectivity index (χ1) is 9.91. The first-order valence-corrected chi connectivity index (χ1v) is 7.54. The van der Waals surface area contributed by atoms with E-state index in [1.165, 1.54) is 6.42 Å². The van der Waals surface area contributed by atoms with E-state index in [2.05, 4.69) is 19.2 Å². The van der Waals surface area contributed by atoms with E-state index >= 15 is 0 Å². The van der Waals surface area contributed by atoms with Crippen molar-refractivity contribution in [3.8, 4) is 0 Å². The Bertz CT molecular complexity index is 571. The van der Waals surface area contributed by atoms with Gasteiger partial charge in [-0.1, -0.05) is 13.8 Å². The maximum absolute atomic E-state index is 10.9. The minimum absolute atomic E-state index is 0.0980. The van der Waals surface area contributed by atoms with Crippen molar-refractivity contribution in [2.24, 2.45) is 11.3 Å². The molecule has 2 aliphatic rings. The molecule has 5 heteroatoms. The van der Waals surface area contributed by atoms with E-state index in [9.17, 15) is 10.1 Å². The van der Waals surface area contributed by atoms with Crippen molar-refractivity contribution in [3.05, 3.63) is 33.9 Å². The Hall–Kier alpha value is -1.62. The third-order valence-electron chi connectivity index (χ3n) is 5.05. The number of rotatable bonds is 3. The molecule has 2 fully saturated rings. The lowest BCUT2D eigenvalue weighted by molar-refractivity contribution is -0.385. The topological polar surface area (TPSA) is 64.4 Å². The van der Waals surface area contributed by atoms with E-state index in [0.29, 0.717) is 23.6 Å². The van der Waals surface area contributed by atoms with Crippen LogP contribution in [0.5, 0.6) is 0 Å². The number of nitrogens with zero attached hydrogens (tertiary/aromatic N) is 1. The molecule has 1 aliphatic heterocycles. The molecular weight excluding hydrogens is 268 g/mol. The number of nitro groups is 1. The Morgan fingerprint density at radius 1 is 1.43 bits per heavy atom. The van der Waals surface area contributed by atoms with Gasteiger partial charge < -0.3 is 10.1 Å². The van der Waals surface area contributed by atoms with Crippen LogP contribution >= 0.6 is 0 Å². The number of benzene rings is 1. The SMILES string of the molecule is Cc1cc(NC2C3CCCOC3C2(C)C)ccc1[N+](=O)[O-]. The minimum atomic E-state index is -0.336. The van der Waals surface area contributed by atoms with Crippen molar-refractivity contribution >= 4 is 11.4 Å². The van der Waals surface area contributed by atoms with Crippen LogP contribution in [0.2, 0.25) is 0 Å². The number of nitrogens with one attached hydrogen (secondary N) is 1. The lowest BCUT2D eigenvalue weighted by Crippen LogP contribution is -2.67. The highest BCUT2D eigenvalue weighted by Gasteiger charge is 2.57.